The quantitative estimate of drug-likeness (QED) is 0.823. The molecule has 134 valence electrons. The van der Waals surface area contributed by atoms with Crippen molar-refractivity contribution in [3.63, 3.8) is 0 Å². The lowest BCUT2D eigenvalue weighted by Gasteiger charge is -2.22. The minimum absolute atomic E-state index is 0.170. The van der Waals surface area contributed by atoms with Crippen LogP contribution in [-0.2, 0) is 12.8 Å². The number of rotatable bonds is 3. The monoisotopic (exact) mass is 350 g/mol. The smallest absolute Gasteiger partial charge is 0.163 e. The molecule has 4 nitrogen and oxygen atoms in total. The zero-order valence-corrected chi connectivity index (χ0v) is 15.2. The zero-order valence-electron chi connectivity index (χ0n) is 15.2. The molecule has 0 saturated carbocycles. The average Bonchev–Trinajstić information content (AvgIpc) is 2.67. The van der Waals surface area contributed by atoms with Crippen LogP contribution in [0.25, 0.3) is 11.1 Å². The average molecular weight is 350 g/mol. The minimum atomic E-state index is 0.170. The normalized spacial score (nSPS) is 16.1. The molecule has 0 aromatic heterocycles. The van der Waals surface area contributed by atoms with E-state index in [1.54, 1.807) is 14.2 Å². The first-order valence-corrected chi connectivity index (χ1v) is 9.11. The van der Waals surface area contributed by atoms with Crippen molar-refractivity contribution in [3.8, 4) is 22.6 Å². The summed E-state index contributed by atoms with van der Waals surface area (Å²) >= 11 is 0. The van der Waals surface area contributed by atoms with Gasteiger partial charge >= 0.3 is 0 Å². The van der Waals surface area contributed by atoms with E-state index < -0.39 is 0 Å². The molecule has 0 heterocycles. The molecule has 0 saturated heterocycles. The number of aryl methyl sites for hydroxylation is 2. The number of ether oxygens (including phenoxy) is 2. The Kier molecular flexibility index (Phi) is 4.27. The predicted octanol–water partition coefficient (Wildman–Crippen LogP) is 4.41. The number of Topliss-reactive ketones (excluding diaryl/α,β-unsaturated/α-hetero) is 2. The van der Waals surface area contributed by atoms with Crippen molar-refractivity contribution < 1.29 is 19.1 Å². The Bertz CT molecular complexity index is 835. The highest BCUT2D eigenvalue weighted by atomic mass is 16.5. The van der Waals surface area contributed by atoms with Crippen LogP contribution in [0.4, 0.5) is 0 Å². The third-order valence-electron chi connectivity index (χ3n) is 5.44. The van der Waals surface area contributed by atoms with Crippen LogP contribution in [0.5, 0.6) is 11.5 Å². The van der Waals surface area contributed by atoms with Gasteiger partial charge in [-0.25, -0.2) is 0 Å². The van der Waals surface area contributed by atoms with Gasteiger partial charge < -0.3 is 9.47 Å². The van der Waals surface area contributed by atoms with Gasteiger partial charge in [0.05, 0.1) is 14.2 Å². The van der Waals surface area contributed by atoms with E-state index >= 15 is 0 Å². The van der Waals surface area contributed by atoms with Gasteiger partial charge in [-0.2, -0.15) is 0 Å². The lowest BCUT2D eigenvalue weighted by molar-refractivity contribution is 0.0964. The Hall–Kier alpha value is -2.62. The van der Waals surface area contributed by atoms with Gasteiger partial charge in [0.15, 0.2) is 11.6 Å². The number of methoxy groups -OCH3 is 2. The van der Waals surface area contributed by atoms with Crippen molar-refractivity contribution in [2.24, 2.45) is 0 Å². The highest BCUT2D eigenvalue weighted by molar-refractivity contribution is 6.02. The summed E-state index contributed by atoms with van der Waals surface area (Å²) < 4.78 is 11.2. The summed E-state index contributed by atoms with van der Waals surface area (Å²) in [6.45, 7) is 0. The van der Waals surface area contributed by atoms with Gasteiger partial charge in [-0.15, -0.1) is 0 Å². The van der Waals surface area contributed by atoms with E-state index in [0.29, 0.717) is 24.3 Å². The van der Waals surface area contributed by atoms with E-state index in [0.717, 1.165) is 59.1 Å². The van der Waals surface area contributed by atoms with Crippen LogP contribution in [0.2, 0.25) is 0 Å². The molecule has 2 aliphatic carbocycles. The highest BCUT2D eigenvalue weighted by Crippen LogP contribution is 2.42. The number of fused-ring (bicyclic) bond motifs is 2. The van der Waals surface area contributed by atoms with Crippen molar-refractivity contribution >= 4 is 11.6 Å². The fourth-order valence-corrected chi connectivity index (χ4v) is 4.08. The van der Waals surface area contributed by atoms with Crippen LogP contribution in [0.15, 0.2) is 24.3 Å². The van der Waals surface area contributed by atoms with Gasteiger partial charge in [-0.05, 0) is 61.1 Å². The first kappa shape index (κ1) is 16.8. The Morgan fingerprint density at radius 1 is 0.615 bits per heavy atom. The summed E-state index contributed by atoms with van der Waals surface area (Å²) in [6, 6.07) is 7.74. The molecule has 0 atom stereocenters. The van der Waals surface area contributed by atoms with Crippen LogP contribution >= 0.6 is 0 Å². The Balaban J connectivity index is 1.94. The standard InChI is InChI=1S/C22H22O4/c1-25-21-9-13-5-3-7-19(23)15(13)11-17(21)18-12-16-14(10-22(18)26-2)6-4-8-20(16)24/h9-12H,3-8H2,1-2H3. The molecule has 0 unspecified atom stereocenters. The van der Waals surface area contributed by atoms with E-state index in [4.69, 9.17) is 9.47 Å². The molecule has 0 bridgehead atoms. The molecule has 4 rings (SSSR count). The maximum absolute atomic E-state index is 12.4. The van der Waals surface area contributed by atoms with Crippen molar-refractivity contribution in [1.82, 2.24) is 0 Å². The number of ketones is 2. The van der Waals surface area contributed by atoms with Gasteiger partial charge in [-0.3, -0.25) is 9.59 Å². The zero-order chi connectivity index (χ0) is 18.3. The van der Waals surface area contributed by atoms with E-state index in [-0.39, 0.29) is 11.6 Å². The second kappa shape index (κ2) is 6.60. The summed E-state index contributed by atoms with van der Waals surface area (Å²) in [6.07, 6.45) is 4.70. The second-order valence-corrected chi connectivity index (χ2v) is 6.97. The van der Waals surface area contributed by atoms with Gasteiger partial charge in [0.2, 0.25) is 0 Å². The van der Waals surface area contributed by atoms with Crippen LogP contribution < -0.4 is 9.47 Å². The molecule has 0 spiro atoms. The number of carbonyl (C=O) groups excluding carboxylic acids is 2. The molecule has 4 heteroatoms. The first-order chi connectivity index (χ1) is 12.6. The Labute approximate surface area is 153 Å². The summed E-state index contributed by atoms with van der Waals surface area (Å²) in [5.41, 5.74) is 5.21. The van der Waals surface area contributed by atoms with E-state index in [9.17, 15) is 9.59 Å². The molecular weight excluding hydrogens is 328 g/mol. The largest absolute Gasteiger partial charge is 0.496 e. The maximum atomic E-state index is 12.4. The molecule has 0 aliphatic heterocycles. The van der Waals surface area contributed by atoms with Crippen LogP contribution in [-0.4, -0.2) is 25.8 Å². The molecule has 0 N–H and O–H groups in total. The summed E-state index contributed by atoms with van der Waals surface area (Å²) in [5.74, 6) is 1.76. The number of benzene rings is 2. The van der Waals surface area contributed by atoms with Crippen molar-refractivity contribution in [1.29, 1.82) is 0 Å². The molecule has 0 radical (unpaired) electrons. The summed E-state index contributed by atoms with van der Waals surface area (Å²) in [7, 11) is 3.26. The van der Waals surface area contributed by atoms with E-state index in [1.165, 1.54) is 0 Å². The van der Waals surface area contributed by atoms with Crippen LogP contribution in [0, 0.1) is 0 Å². The SMILES string of the molecule is COc1cc2c(cc1-c1cc3c(cc1OC)CCCC3=O)C(=O)CCC2. The number of hydrogen-bond acceptors (Lipinski definition) is 4. The molecule has 2 aliphatic rings. The van der Waals surface area contributed by atoms with Gasteiger partial charge in [0.25, 0.3) is 0 Å². The molecule has 26 heavy (non-hydrogen) atoms. The van der Waals surface area contributed by atoms with Crippen molar-refractivity contribution in [2.75, 3.05) is 14.2 Å². The third-order valence-corrected chi connectivity index (χ3v) is 5.44. The van der Waals surface area contributed by atoms with Crippen molar-refractivity contribution in [2.45, 2.75) is 38.5 Å². The Morgan fingerprint density at radius 3 is 1.42 bits per heavy atom. The first-order valence-electron chi connectivity index (χ1n) is 9.11. The van der Waals surface area contributed by atoms with E-state index in [2.05, 4.69) is 0 Å². The lowest BCUT2D eigenvalue weighted by atomic mass is 9.85. The summed E-state index contributed by atoms with van der Waals surface area (Å²) in [5, 5.41) is 0. The minimum Gasteiger partial charge on any atom is -0.496 e. The fourth-order valence-electron chi connectivity index (χ4n) is 4.08. The second-order valence-electron chi connectivity index (χ2n) is 6.97. The highest BCUT2D eigenvalue weighted by Gasteiger charge is 2.25. The van der Waals surface area contributed by atoms with Gasteiger partial charge in [0.1, 0.15) is 11.5 Å². The lowest BCUT2D eigenvalue weighted by Crippen LogP contribution is -2.13. The fraction of sp³-hybridized carbons (Fsp3) is 0.364. The van der Waals surface area contributed by atoms with Crippen molar-refractivity contribution in [3.05, 3.63) is 46.5 Å². The van der Waals surface area contributed by atoms with E-state index in [1.807, 2.05) is 24.3 Å². The number of carbonyl (C=O) groups is 2. The molecular formula is C22H22O4. The number of hydrogen-bond donors (Lipinski definition) is 0. The van der Waals surface area contributed by atoms with Crippen LogP contribution in [0.3, 0.4) is 0 Å². The summed E-state index contributed by atoms with van der Waals surface area (Å²) in [4.78, 5) is 24.8. The topological polar surface area (TPSA) is 52.6 Å². The molecule has 0 amide bonds. The molecule has 0 fully saturated rings. The molecule has 2 aromatic rings. The third kappa shape index (κ3) is 2.70. The molecule has 2 aromatic carbocycles. The van der Waals surface area contributed by atoms with Crippen LogP contribution in [0.1, 0.15) is 57.5 Å². The van der Waals surface area contributed by atoms with Gasteiger partial charge in [-0.1, -0.05) is 0 Å². The van der Waals surface area contributed by atoms with Gasteiger partial charge in [0, 0.05) is 35.1 Å². The maximum Gasteiger partial charge on any atom is 0.163 e. The predicted molar refractivity (Wildman–Crippen MR) is 99.5 cm³/mol. The Morgan fingerprint density at radius 2 is 1.04 bits per heavy atom.